The fraction of sp³-hybridized carbons (Fsp3) is 0.500. The lowest BCUT2D eigenvalue weighted by Crippen LogP contribution is -2.41. The van der Waals surface area contributed by atoms with Gasteiger partial charge in [0, 0.05) is 22.6 Å². The zero-order valence-electron chi connectivity index (χ0n) is 19.1. The third-order valence-corrected chi connectivity index (χ3v) is 8.75. The van der Waals surface area contributed by atoms with E-state index in [1.165, 1.54) is 12.3 Å². The number of aromatic nitrogens is 1. The number of hydrogen-bond acceptors (Lipinski definition) is 6. The molecule has 2 rings (SSSR count). The van der Waals surface area contributed by atoms with Crippen molar-refractivity contribution in [3.8, 4) is 0 Å². The van der Waals surface area contributed by atoms with Crippen LogP contribution in [0.1, 0.15) is 33.6 Å². The van der Waals surface area contributed by atoms with Gasteiger partial charge in [-0.25, -0.2) is 4.79 Å². The van der Waals surface area contributed by atoms with Crippen LogP contribution in [0.4, 0.5) is 10.5 Å². The average Bonchev–Trinajstić information content (AvgIpc) is 2.73. The lowest BCUT2D eigenvalue weighted by Gasteiger charge is -2.32. The summed E-state index contributed by atoms with van der Waals surface area (Å²) in [4.78, 5) is 58.4. The van der Waals surface area contributed by atoms with Gasteiger partial charge in [0.25, 0.3) is 0 Å². The second kappa shape index (κ2) is 11.9. The fourth-order valence-electron chi connectivity index (χ4n) is 3.59. The van der Waals surface area contributed by atoms with Crippen LogP contribution < -0.4 is 4.90 Å². The summed E-state index contributed by atoms with van der Waals surface area (Å²) in [5, 5.41) is 0.921. The summed E-state index contributed by atoms with van der Waals surface area (Å²) < 4.78 is 28.1. The van der Waals surface area contributed by atoms with E-state index in [4.69, 9.17) is 16.3 Å². The predicted octanol–water partition coefficient (Wildman–Crippen LogP) is 3.98. The van der Waals surface area contributed by atoms with Gasteiger partial charge in [0.05, 0.1) is 11.2 Å². The van der Waals surface area contributed by atoms with Crippen molar-refractivity contribution in [2.45, 2.75) is 45.2 Å². The molecule has 4 N–H and O–H groups in total. The summed E-state index contributed by atoms with van der Waals surface area (Å²) in [5.74, 6) is 0. The lowest BCUT2D eigenvalue weighted by atomic mass is 10.1. The maximum Gasteiger partial charge on any atom is 0.416 e. The van der Waals surface area contributed by atoms with Crippen molar-refractivity contribution in [3.63, 3.8) is 0 Å². The van der Waals surface area contributed by atoms with Crippen molar-refractivity contribution >= 4 is 49.5 Å². The number of halogens is 1. The van der Waals surface area contributed by atoms with Gasteiger partial charge in [-0.1, -0.05) is 25.4 Å². The van der Waals surface area contributed by atoms with E-state index in [1.54, 1.807) is 25.1 Å². The van der Waals surface area contributed by atoms with E-state index in [-0.39, 0.29) is 0 Å². The SMILES string of the molecule is CCN(CC)CCCC(C)N(C(=O)OC(P(=O)(O)O)P(=O)(O)O)c1ccnc2cc(Cl)ccc12. The Labute approximate surface area is 203 Å². The first-order valence-corrected chi connectivity index (χ1v) is 14.4. The highest BCUT2D eigenvalue weighted by Crippen LogP contribution is 2.60. The minimum atomic E-state index is -5.48. The van der Waals surface area contributed by atoms with Crippen LogP contribution in [-0.4, -0.2) is 66.8 Å². The number of fused-ring (bicyclic) bond motifs is 1. The third-order valence-electron chi connectivity index (χ3n) is 5.35. The van der Waals surface area contributed by atoms with Gasteiger partial charge in [-0.15, -0.1) is 0 Å². The molecule has 190 valence electrons. The van der Waals surface area contributed by atoms with Gasteiger partial charge < -0.3 is 29.2 Å². The molecule has 1 aromatic carbocycles. The minimum absolute atomic E-state index is 0.303. The van der Waals surface area contributed by atoms with E-state index in [2.05, 4.69) is 9.88 Å². The average molecular weight is 538 g/mol. The fourth-order valence-corrected chi connectivity index (χ4v) is 5.78. The largest absolute Gasteiger partial charge is 0.419 e. The van der Waals surface area contributed by atoms with Crippen molar-refractivity contribution in [1.82, 2.24) is 9.88 Å². The quantitative estimate of drug-likeness (QED) is 0.308. The van der Waals surface area contributed by atoms with Crippen molar-refractivity contribution < 1.29 is 38.2 Å². The monoisotopic (exact) mass is 537 g/mol. The predicted molar refractivity (Wildman–Crippen MR) is 130 cm³/mol. The van der Waals surface area contributed by atoms with Crippen LogP contribution in [0.2, 0.25) is 5.02 Å². The van der Waals surface area contributed by atoms with Gasteiger partial charge in [-0.2, -0.15) is 0 Å². The Balaban J connectivity index is 2.46. The highest BCUT2D eigenvalue weighted by molar-refractivity contribution is 7.70. The van der Waals surface area contributed by atoms with Gasteiger partial charge in [-0.05, 0) is 63.7 Å². The summed E-state index contributed by atoms with van der Waals surface area (Å²) in [6.07, 6.45) is 1.32. The third kappa shape index (κ3) is 7.47. The van der Waals surface area contributed by atoms with E-state index in [0.29, 0.717) is 34.5 Å². The number of carbonyl (C=O) groups excluding carboxylic acids is 1. The van der Waals surface area contributed by atoms with Crippen LogP contribution in [0.5, 0.6) is 0 Å². The number of carbonyl (C=O) groups is 1. The number of ether oxygens (including phenoxy) is 1. The molecule has 0 saturated carbocycles. The van der Waals surface area contributed by atoms with Crippen LogP contribution in [-0.2, 0) is 13.9 Å². The number of rotatable bonds is 11. The Morgan fingerprint density at radius 3 is 2.29 bits per heavy atom. The number of anilines is 1. The molecule has 1 aromatic heterocycles. The van der Waals surface area contributed by atoms with Crippen LogP contribution in [0.15, 0.2) is 30.5 Å². The van der Waals surface area contributed by atoms with Crippen molar-refractivity contribution in [3.05, 3.63) is 35.5 Å². The van der Waals surface area contributed by atoms with Crippen LogP contribution in [0, 0.1) is 0 Å². The van der Waals surface area contributed by atoms with Crippen molar-refractivity contribution in [2.75, 3.05) is 24.5 Å². The van der Waals surface area contributed by atoms with Crippen molar-refractivity contribution in [1.29, 1.82) is 0 Å². The van der Waals surface area contributed by atoms with Crippen LogP contribution in [0.25, 0.3) is 10.9 Å². The molecule has 0 bridgehead atoms. The van der Waals surface area contributed by atoms with E-state index < -0.39 is 32.9 Å². The lowest BCUT2D eigenvalue weighted by molar-refractivity contribution is 0.136. The molecule has 0 spiro atoms. The zero-order chi connectivity index (χ0) is 25.7. The number of hydrogen-bond donors (Lipinski definition) is 4. The topological polar surface area (TPSA) is 161 Å². The maximum absolute atomic E-state index is 13.2. The second-order valence-corrected chi connectivity index (χ2v) is 11.9. The van der Waals surface area contributed by atoms with E-state index in [9.17, 15) is 33.5 Å². The molecule has 34 heavy (non-hydrogen) atoms. The summed E-state index contributed by atoms with van der Waals surface area (Å²) in [7, 11) is -11.0. The number of benzene rings is 1. The smallest absolute Gasteiger partial charge is 0.416 e. The Kier molecular flexibility index (Phi) is 10.1. The first kappa shape index (κ1) is 28.7. The highest BCUT2D eigenvalue weighted by atomic mass is 35.5. The second-order valence-electron chi connectivity index (χ2n) is 7.77. The molecule has 0 fully saturated rings. The molecule has 0 aliphatic rings. The molecule has 11 nitrogen and oxygen atoms in total. The van der Waals surface area contributed by atoms with E-state index in [0.717, 1.165) is 24.5 Å². The molecular formula is C20H30ClN3O8P2. The van der Waals surface area contributed by atoms with Gasteiger partial charge in [-0.3, -0.25) is 19.0 Å². The molecule has 1 unspecified atom stereocenters. The summed E-state index contributed by atoms with van der Waals surface area (Å²) in [6.45, 7) is 8.28. The number of nitrogens with zero attached hydrogens (tertiary/aromatic N) is 3. The standard InChI is InChI=1S/C20H30ClN3O8P2/c1-4-23(5-2)12-6-7-14(3)24(19(25)32-20(33(26,27)28)34(29,30)31)18-10-11-22-17-13-15(21)8-9-16(17)18/h8-11,13-14,20H,4-7,12H2,1-3H3,(H2,26,27,28)(H2,29,30,31). The molecule has 1 heterocycles. The van der Waals surface area contributed by atoms with Gasteiger partial charge in [0.1, 0.15) is 0 Å². The van der Waals surface area contributed by atoms with Crippen LogP contribution >= 0.6 is 26.8 Å². The molecule has 14 heteroatoms. The minimum Gasteiger partial charge on any atom is -0.419 e. The molecule has 0 aliphatic heterocycles. The van der Waals surface area contributed by atoms with Crippen LogP contribution in [0.3, 0.4) is 0 Å². The Morgan fingerprint density at radius 2 is 1.74 bits per heavy atom. The molecule has 1 amide bonds. The number of pyridine rings is 1. The summed E-state index contributed by atoms with van der Waals surface area (Å²) >= 11 is 6.05. The van der Waals surface area contributed by atoms with E-state index >= 15 is 0 Å². The van der Waals surface area contributed by atoms with Crippen molar-refractivity contribution in [2.24, 2.45) is 0 Å². The molecule has 2 aromatic rings. The first-order valence-electron chi connectivity index (χ1n) is 10.7. The maximum atomic E-state index is 13.2. The van der Waals surface area contributed by atoms with E-state index in [1.807, 2.05) is 13.8 Å². The van der Waals surface area contributed by atoms with Gasteiger partial charge in [0.2, 0.25) is 0 Å². The Hall–Kier alpha value is -1.55. The normalized spacial score (nSPS) is 13.5. The molecule has 0 saturated heterocycles. The first-order chi connectivity index (χ1) is 15.8. The number of amides is 1. The molecule has 1 atom stereocenters. The molecule has 0 radical (unpaired) electrons. The summed E-state index contributed by atoms with van der Waals surface area (Å²) in [6, 6.07) is 5.79. The van der Waals surface area contributed by atoms with Gasteiger partial charge >= 0.3 is 26.9 Å². The Morgan fingerprint density at radius 1 is 1.12 bits per heavy atom. The summed E-state index contributed by atoms with van der Waals surface area (Å²) in [5.41, 5.74) is -2.16. The van der Waals surface area contributed by atoms with Gasteiger partial charge in [0.15, 0.2) is 0 Å². The Bertz CT molecular complexity index is 1070. The molecule has 0 aliphatic carbocycles. The molecular weight excluding hydrogens is 508 g/mol. The highest BCUT2D eigenvalue weighted by Gasteiger charge is 2.48. The zero-order valence-corrected chi connectivity index (χ0v) is 21.7.